The molecular formula is C3H7NOS. The van der Waals surface area contributed by atoms with Crippen LogP contribution in [0.25, 0.3) is 0 Å². The smallest absolute Gasteiger partial charge is 0.0560 e. The summed E-state index contributed by atoms with van der Waals surface area (Å²) in [5, 5.41) is 10.5. The fourth-order valence-electron chi connectivity index (χ4n) is 0.0965. The van der Waals surface area contributed by atoms with Gasteiger partial charge in [-0.2, -0.15) is 12.6 Å². The lowest BCUT2D eigenvalue weighted by atomic mass is 10.5. The summed E-state index contributed by atoms with van der Waals surface area (Å²) in [6.45, 7) is 1.81. The highest BCUT2D eigenvalue weighted by atomic mass is 32.1. The highest BCUT2D eigenvalue weighted by Gasteiger charge is 1.80. The molecule has 0 aliphatic rings. The zero-order valence-electron chi connectivity index (χ0n) is 3.50. The first kappa shape index (κ1) is 5.82. The number of thiol groups is 1. The standard InChI is InChI=1S/C3H7NOS/c1-3(6)2-4-5/h2-3,5-6H,1H3/b4-2+. The first-order valence-electron chi connectivity index (χ1n) is 1.63. The van der Waals surface area contributed by atoms with Crippen molar-refractivity contribution >= 4 is 18.8 Å². The minimum Gasteiger partial charge on any atom is -0.411 e. The average Bonchev–Trinajstić information content (AvgIpc) is 1.35. The Balaban J connectivity index is 3.03. The van der Waals surface area contributed by atoms with Crippen LogP contribution in [-0.4, -0.2) is 16.7 Å². The van der Waals surface area contributed by atoms with E-state index in [0.29, 0.717) is 0 Å². The van der Waals surface area contributed by atoms with Gasteiger partial charge in [-0.15, -0.1) is 5.16 Å². The SMILES string of the molecule is CC(S)/C=N/O. The van der Waals surface area contributed by atoms with Gasteiger partial charge in [-0.25, -0.2) is 0 Å². The zero-order chi connectivity index (χ0) is 4.99. The number of oxime groups is 1. The summed E-state index contributed by atoms with van der Waals surface area (Å²) >= 11 is 3.87. The molecule has 0 radical (unpaired) electrons. The van der Waals surface area contributed by atoms with Crippen LogP contribution in [0.4, 0.5) is 0 Å². The molecule has 0 aliphatic heterocycles. The second-order valence-electron chi connectivity index (χ2n) is 1.01. The van der Waals surface area contributed by atoms with Gasteiger partial charge in [0.1, 0.15) is 0 Å². The van der Waals surface area contributed by atoms with Gasteiger partial charge in [-0.3, -0.25) is 0 Å². The van der Waals surface area contributed by atoms with Gasteiger partial charge < -0.3 is 5.21 Å². The Hall–Kier alpha value is -0.180. The van der Waals surface area contributed by atoms with Gasteiger partial charge in [0.05, 0.1) is 6.21 Å². The first-order valence-corrected chi connectivity index (χ1v) is 2.14. The van der Waals surface area contributed by atoms with E-state index in [-0.39, 0.29) is 5.25 Å². The molecule has 0 rings (SSSR count). The Kier molecular flexibility index (Phi) is 2.94. The second-order valence-corrected chi connectivity index (χ2v) is 1.82. The predicted molar refractivity (Wildman–Crippen MR) is 28.7 cm³/mol. The van der Waals surface area contributed by atoms with Crippen LogP contribution in [-0.2, 0) is 0 Å². The quantitative estimate of drug-likeness (QED) is 0.219. The summed E-state index contributed by atoms with van der Waals surface area (Å²) in [5.41, 5.74) is 0. The fourth-order valence-corrected chi connectivity index (χ4v) is 0.156. The average molecular weight is 105 g/mol. The third-order valence-corrected chi connectivity index (χ3v) is 0.416. The molecule has 0 saturated carbocycles. The van der Waals surface area contributed by atoms with E-state index in [9.17, 15) is 0 Å². The number of hydrogen-bond acceptors (Lipinski definition) is 3. The van der Waals surface area contributed by atoms with Gasteiger partial charge in [0, 0.05) is 5.25 Å². The van der Waals surface area contributed by atoms with Crippen molar-refractivity contribution in [2.45, 2.75) is 12.2 Å². The Morgan fingerprint density at radius 3 is 2.50 bits per heavy atom. The van der Waals surface area contributed by atoms with Crippen LogP contribution < -0.4 is 0 Å². The molecule has 0 aromatic heterocycles. The zero-order valence-corrected chi connectivity index (χ0v) is 4.39. The van der Waals surface area contributed by atoms with E-state index in [0.717, 1.165) is 0 Å². The molecule has 1 atom stereocenters. The number of rotatable bonds is 1. The molecule has 3 heteroatoms. The van der Waals surface area contributed by atoms with E-state index in [1.54, 1.807) is 0 Å². The van der Waals surface area contributed by atoms with Gasteiger partial charge in [-0.1, -0.05) is 0 Å². The molecule has 0 fully saturated rings. The molecule has 0 aromatic rings. The van der Waals surface area contributed by atoms with Crippen molar-refractivity contribution < 1.29 is 5.21 Å². The maximum atomic E-state index is 7.76. The van der Waals surface area contributed by atoms with Crippen LogP contribution in [0.15, 0.2) is 5.16 Å². The largest absolute Gasteiger partial charge is 0.411 e. The molecule has 0 bridgehead atoms. The topological polar surface area (TPSA) is 32.6 Å². The van der Waals surface area contributed by atoms with Crippen LogP contribution in [0.3, 0.4) is 0 Å². The maximum absolute atomic E-state index is 7.76. The van der Waals surface area contributed by atoms with Gasteiger partial charge in [0.25, 0.3) is 0 Å². The molecule has 1 unspecified atom stereocenters. The van der Waals surface area contributed by atoms with Gasteiger partial charge in [-0.05, 0) is 6.92 Å². The van der Waals surface area contributed by atoms with Gasteiger partial charge >= 0.3 is 0 Å². The van der Waals surface area contributed by atoms with Crippen LogP contribution in [0.5, 0.6) is 0 Å². The monoisotopic (exact) mass is 105 g/mol. The van der Waals surface area contributed by atoms with E-state index < -0.39 is 0 Å². The molecule has 6 heavy (non-hydrogen) atoms. The highest BCUT2D eigenvalue weighted by Crippen LogP contribution is 1.83. The summed E-state index contributed by atoms with van der Waals surface area (Å²) in [7, 11) is 0. The molecule has 0 spiro atoms. The van der Waals surface area contributed by atoms with Crippen molar-refractivity contribution in [1.29, 1.82) is 0 Å². The molecule has 0 saturated heterocycles. The molecule has 1 N–H and O–H groups in total. The predicted octanol–water partition coefficient (Wildman–Crippen LogP) is 0.765. The Bertz CT molecular complexity index is 52.8. The normalized spacial score (nSPS) is 15.7. The van der Waals surface area contributed by atoms with E-state index in [1.165, 1.54) is 6.21 Å². The summed E-state index contributed by atoms with van der Waals surface area (Å²) in [5.74, 6) is 0. The molecular weight excluding hydrogens is 98.1 g/mol. The van der Waals surface area contributed by atoms with Crippen molar-refractivity contribution in [3.8, 4) is 0 Å². The summed E-state index contributed by atoms with van der Waals surface area (Å²) in [6, 6.07) is 0. The number of hydrogen-bond donors (Lipinski definition) is 2. The van der Waals surface area contributed by atoms with Gasteiger partial charge in [0.15, 0.2) is 0 Å². The van der Waals surface area contributed by atoms with Crippen LogP contribution in [0.2, 0.25) is 0 Å². The minimum absolute atomic E-state index is 0.0509. The molecule has 0 aliphatic carbocycles. The summed E-state index contributed by atoms with van der Waals surface area (Å²) in [4.78, 5) is 0. The molecule has 0 aromatic carbocycles. The Morgan fingerprint density at radius 1 is 2.00 bits per heavy atom. The van der Waals surface area contributed by atoms with E-state index in [1.807, 2.05) is 6.92 Å². The van der Waals surface area contributed by atoms with Crippen LogP contribution >= 0.6 is 12.6 Å². The Labute approximate surface area is 42.3 Å². The van der Waals surface area contributed by atoms with Gasteiger partial charge in [0.2, 0.25) is 0 Å². The first-order chi connectivity index (χ1) is 2.77. The van der Waals surface area contributed by atoms with E-state index in [2.05, 4.69) is 17.8 Å². The molecule has 36 valence electrons. The van der Waals surface area contributed by atoms with Crippen LogP contribution in [0.1, 0.15) is 6.92 Å². The highest BCUT2D eigenvalue weighted by molar-refractivity contribution is 7.81. The lowest BCUT2D eigenvalue weighted by Gasteiger charge is -1.83. The van der Waals surface area contributed by atoms with Crippen molar-refractivity contribution in [2.24, 2.45) is 5.16 Å². The summed E-state index contributed by atoms with van der Waals surface area (Å²) in [6.07, 6.45) is 1.34. The lowest BCUT2D eigenvalue weighted by molar-refractivity contribution is 0.321. The Morgan fingerprint density at radius 2 is 2.50 bits per heavy atom. The van der Waals surface area contributed by atoms with Crippen molar-refractivity contribution in [2.75, 3.05) is 0 Å². The third kappa shape index (κ3) is 3.82. The summed E-state index contributed by atoms with van der Waals surface area (Å²) < 4.78 is 0. The van der Waals surface area contributed by atoms with Crippen LogP contribution in [0, 0.1) is 0 Å². The van der Waals surface area contributed by atoms with Crippen molar-refractivity contribution in [3.05, 3.63) is 0 Å². The van der Waals surface area contributed by atoms with E-state index in [4.69, 9.17) is 5.21 Å². The maximum Gasteiger partial charge on any atom is 0.0560 e. The van der Waals surface area contributed by atoms with Crippen molar-refractivity contribution in [1.82, 2.24) is 0 Å². The van der Waals surface area contributed by atoms with Crippen molar-refractivity contribution in [3.63, 3.8) is 0 Å². The fraction of sp³-hybridized carbons (Fsp3) is 0.667. The third-order valence-electron chi connectivity index (χ3n) is 0.282. The minimum atomic E-state index is 0.0509. The van der Waals surface area contributed by atoms with E-state index >= 15 is 0 Å². The second kappa shape index (κ2) is 3.03. The number of nitrogens with zero attached hydrogens (tertiary/aromatic N) is 1. The molecule has 0 amide bonds. The lowest BCUT2D eigenvalue weighted by Crippen LogP contribution is -1.88. The molecule has 0 heterocycles. The molecule has 2 nitrogen and oxygen atoms in total.